The van der Waals surface area contributed by atoms with Crippen molar-refractivity contribution in [3.05, 3.63) is 54.1 Å². The normalized spacial score (nSPS) is 15.4. The molecule has 0 aliphatic carbocycles. The largest absolute Gasteiger partial charge is 0.365 e. The topological polar surface area (TPSA) is 214 Å². The minimum Gasteiger partial charge on any atom is -0.365 e. The van der Waals surface area contributed by atoms with Gasteiger partial charge >= 0.3 is 6.03 Å². The molecule has 0 radical (unpaired) electrons. The van der Waals surface area contributed by atoms with Crippen molar-refractivity contribution in [3.63, 3.8) is 0 Å². The van der Waals surface area contributed by atoms with Crippen LogP contribution in [0.15, 0.2) is 48.6 Å². The lowest BCUT2D eigenvalue weighted by molar-refractivity contribution is -0.143. The molecule has 0 fully saturated rings. The number of anilines is 1. The number of carbonyl (C=O) groups is 8. The van der Waals surface area contributed by atoms with Gasteiger partial charge in [-0.25, -0.2) is 4.79 Å². The quantitative estimate of drug-likeness (QED) is 0.120. The van der Waals surface area contributed by atoms with E-state index in [0.717, 1.165) is 46.1 Å². The number of nitrogens with one attached hydrogen (secondary N) is 3. The fraction of sp³-hybridized carbons (Fsp3) is 0.455. The van der Waals surface area contributed by atoms with Gasteiger partial charge in [-0.05, 0) is 42.9 Å². The van der Waals surface area contributed by atoms with E-state index in [1.807, 2.05) is 19.1 Å². The van der Waals surface area contributed by atoms with Crippen molar-refractivity contribution in [3.8, 4) is 0 Å². The molecule has 15 heteroatoms. The SMILES string of the molecule is CCc1ccc(NC(=O)[C@H](CCCNC(N)=O)CC(=O)[C@@H](NC(=O)COC(CN2C(=O)C=CC2=O)CN2C(=O)C=CC2=O)C(C)C)cc1. The lowest BCUT2D eigenvalue weighted by Gasteiger charge is -2.27. The number of amides is 8. The number of nitrogens with zero attached hydrogens (tertiary/aromatic N) is 2. The molecular formula is C33H42N6O9. The van der Waals surface area contributed by atoms with Crippen LogP contribution in [-0.2, 0) is 44.7 Å². The molecule has 0 bridgehead atoms. The molecule has 2 heterocycles. The van der Waals surface area contributed by atoms with Crippen LogP contribution < -0.4 is 21.7 Å². The predicted octanol–water partition coefficient (Wildman–Crippen LogP) is 0.587. The molecule has 2 aliphatic heterocycles. The van der Waals surface area contributed by atoms with Gasteiger partial charge in [0.15, 0.2) is 5.78 Å². The van der Waals surface area contributed by atoms with Crippen molar-refractivity contribution in [1.29, 1.82) is 0 Å². The van der Waals surface area contributed by atoms with Crippen LogP contribution in [-0.4, -0.2) is 95.4 Å². The van der Waals surface area contributed by atoms with Crippen molar-refractivity contribution in [1.82, 2.24) is 20.4 Å². The molecule has 0 spiro atoms. The first-order valence-corrected chi connectivity index (χ1v) is 15.7. The first-order chi connectivity index (χ1) is 22.8. The smallest absolute Gasteiger partial charge is 0.312 e. The van der Waals surface area contributed by atoms with Gasteiger partial charge in [0, 0.05) is 48.9 Å². The van der Waals surface area contributed by atoms with Gasteiger partial charge in [-0.3, -0.25) is 43.4 Å². The number of hydrogen-bond donors (Lipinski definition) is 4. The summed E-state index contributed by atoms with van der Waals surface area (Å²) < 4.78 is 5.69. The highest BCUT2D eigenvalue weighted by atomic mass is 16.5. The van der Waals surface area contributed by atoms with Crippen LogP contribution in [0, 0.1) is 11.8 Å². The summed E-state index contributed by atoms with van der Waals surface area (Å²) in [5.74, 6) is -5.11. The highest BCUT2D eigenvalue weighted by Gasteiger charge is 2.33. The number of ketones is 1. The van der Waals surface area contributed by atoms with E-state index in [-0.39, 0.29) is 38.4 Å². The van der Waals surface area contributed by atoms with E-state index in [1.54, 1.807) is 26.0 Å². The Kier molecular flexibility index (Phi) is 13.7. The minimum absolute atomic E-state index is 0.205. The lowest BCUT2D eigenvalue weighted by Crippen LogP contribution is -2.49. The summed E-state index contributed by atoms with van der Waals surface area (Å²) in [6.07, 6.45) is 4.43. The van der Waals surface area contributed by atoms with Gasteiger partial charge in [0.2, 0.25) is 11.8 Å². The average Bonchev–Trinajstić information content (AvgIpc) is 3.53. The Morgan fingerprint density at radius 2 is 1.40 bits per heavy atom. The van der Waals surface area contributed by atoms with E-state index >= 15 is 0 Å². The summed E-state index contributed by atoms with van der Waals surface area (Å²) in [6.45, 7) is 4.39. The van der Waals surface area contributed by atoms with Crippen molar-refractivity contribution in [2.45, 2.75) is 58.6 Å². The second kappa shape index (κ2) is 17.7. The van der Waals surface area contributed by atoms with Gasteiger partial charge in [-0.1, -0.05) is 32.9 Å². The van der Waals surface area contributed by atoms with E-state index in [1.165, 1.54) is 0 Å². The van der Waals surface area contributed by atoms with Crippen LogP contribution >= 0.6 is 0 Å². The average molecular weight is 667 g/mol. The summed E-state index contributed by atoms with van der Waals surface area (Å²) >= 11 is 0. The number of nitrogens with two attached hydrogens (primary N) is 1. The Morgan fingerprint density at radius 1 is 0.854 bits per heavy atom. The van der Waals surface area contributed by atoms with Crippen molar-refractivity contribution in [2.24, 2.45) is 17.6 Å². The summed E-state index contributed by atoms with van der Waals surface area (Å²) in [6, 6.07) is 5.61. The molecular weight excluding hydrogens is 624 g/mol. The van der Waals surface area contributed by atoms with E-state index < -0.39 is 71.9 Å². The molecule has 15 nitrogen and oxygen atoms in total. The number of imide groups is 2. The number of benzene rings is 1. The lowest BCUT2D eigenvalue weighted by atomic mass is 9.89. The second-order valence-electron chi connectivity index (χ2n) is 11.8. The van der Waals surface area contributed by atoms with Gasteiger partial charge in [0.05, 0.1) is 25.2 Å². The maximum Gasteiger partial charge on any atom is 0.312 e. The van der Waals surface area contributed by atoms with Crippen molar-refractivity contribution >= 4 is 52.9 Å². The van der Waals surface area contributed by atoms with Crippen LogP contribution in [0.1, 0.15) is 45.6 Å². The van der Waals surface area contributed by atoms with Crippen LogP contribution in [0.4, 0.5) is 10.5 Å². The number of rotatable bonds is 19. The molecule has 48 heavy (non-hydrogen) atoms. The molecule has 5 N–H and O–H groups in total. The van der Waals surface area contributed by atoms with Gasteiger partial charge < -0.3 is 26.4 Å². The molecule has 2 aliphatic rings. The summed E-state index contributed by atoms with van der Waals surface area (Å²) in [7, 11) is 0. The summed E-state index contributed by atoms with van der Waals surface area (Å²) in [4.78, 5) is 101. The third-order valence-electron chi connectivity index (χ3n) is 7.83. The van der Waals surface area contributed by atoms with Gasteiger partial charge in [-0.15, -0.1) is 0 Å². The number of Topliss-reactive ketones (excluding diaryl/α,β-unsaturated/α-hetero) is 1. The Hall–Kier alpha value is -5.18. The van der Waals surface area contributed by atoms with Crippen LogP contribution in [0.2, 0.25) is 0 Å². The second-order valence-corrected chi connectivity index (χ2v) is 11.8. The van der Waals surface area contributed by atoms with E-state index in [0.29, 0.717) is 12.1 Å². The third kappa shape index (κ3) is 11.0. The third-order valence-corrected chi connectivity index (χ3v) is 7.83. The fourth-order valence-corrected chi connectivity index (χ4v) is 5.14. The number of carbonyl (C=O) groups excluding carboxylic acids is 8. The first-order valence-electron chi connectivity index (χ1n) is 15.7. The Labute approximate surface area is 278 Å². The molecule has 258 valence electrons. The van der Waals surface area contributed by atoms with Gasteiger partial charge in [0.1, 0.15) is 6.61 Å². The maximum absolute atomic E-state index is 13.6. The highest BCUT2D eigenvalue weighted by molar-refractivity contribution is 6.13. The maximum atomic E-state index is 13.6. The molecule has 0 unspecified atom stereocenters. The molecule has 3 rings (SSSR count). The van der Waals surface area contributed by atoms with Gasteiger partial charge in [-0.2, -0.15) is 0 Å². The highest BCUT2D eigenvalue weighted by Crippen LogP contribution is 2.20. The van der Waals surface area contributed by atoms with Crippen LogP contribution in [0.25, 0.3) is 0 Å². The first kappa shape index (κ1) is 37.3. The van der Waals surface area contributed by atoms with Gasteiger partial charge in [0.25, 0.3) is 23.6 Å². The zero-order chi connectivity index (χ0) is 35.4. The number of hydrogen-bond acceptors (Lipinski definition) is 9. The standard InChI is InChI=1S/C33H42N6O9/c1-4-21-7-9-23(10-8-21)36-32(46)22(6-5-15-35-33(34)47)16-25(40)31(20(2)3)37-26(41)19-48-24(17-38-27(42)11-12-28(38)43)18-39-29(44)13-14-30(39)45/h7-14,20,22,24,31H,4-6,15-19H2,1-3H3,(H,36,46)(H,37,41)(H3,34,35,47)/t22-,31+/m1/s1. The Morgan fingerprint density at radius 3 is 1.88 bits per heavy atom. The van der Waals surface area contributed by atoms with E-state index in [2.05, 4.69) is 16.0 Å². The Balaban J connectivity index is 1.66. The van der Waals surface area contributed by atoms with Crippen LogP contribution in [0.3, 0.4) is 0 Å². The summed E-state index contributed by atoms with van der Waals surface area (Å²) in [5.41, 5.74) is 6.79. The monoisotopic (exact) mass is 666 g/mol. The molecule has 0 saturated carbocycles. The molecule has 0 aromatic heterocycles. The Bertz CT molecular complexity index is 1390. The fourth-order valence-electron chi connectivity index (χ4n) is 5.14. The van der Waals surface area contributed by atoms with Crippen molar-refractivity contribution in [2.75, 3.05) is 31.6 Å². The number of aryl methyl sites for hydroxylation is 1. The zero-order valence-corrected chi connectivity index (χ0v) is 27.2. The predicted molar refractivity (Wildman–Crippen MR) is 173 cm³/mol. The van der Waals surface area contributed by atoms with E-state index in [9.17, 15) is 38.4 Å². The summed E-state index contributed by atoms with van der Waals surface area (Å²) in [5, 5.41) is 7.95. The van der Waals surface area contributed by atoms with E-state index in [4.69, 9.17) is 10.5 Å². The minimum atomic E-state index is -1.10. The van der Waals surface area contributed by atoms with Crippen molar-refractivity contribution < 1.29 is 43.1 Å². The molecule has 1 aromatic rings. The van der Waals surface area contributed by atoms with Crippen LogP contribution in [0.5, 0.6) is 0 Å². The zero-order valence-electron chi connectivity index (χ0n) is 27.2. The molecule has 8 amide bonds. The number of primary amides is 1. The molecule has 2 atom stereocenters. The number of ether oxygens (including phenoxy) is 1. The number of urea groups is 1. The molecule has 1 aromatic carbocycles. The molecule has 0 saturated heterocycles.